The lowest BCUT2D eigenvalue weighted by Crippen LogP contribution is -2.08. The fourth-order valence-corrected chi connectivity index (χ4v) is 5.35. The highest BCUT2D eigenvalue weighted by Gasteiger charge is 2.09. The molecule has 4 aromatic carbocycles. The summed E-state index contributed by atoms with van der Waals surface area (Å²) in [5.41, 5.74) is 6.20. The van der Waals surface area contributed by atoms with Gasteiger partial charge in [0.05, 0.1) is 22.8 Å². The van der Waals surface area contributed by atoms with Crippen LogP contribution in [0.3, 0.4) is 0 Å². The summed E-state index contributed by atoms with van der Waals surface area (Å²) in [6, 6.07) is 28.3. The van der Waals surface area contributed by atoms with E-state index in [1.165, 1.54) is 13.8 Å². The standard InChI is InChI=1S/C45H48N4O8/c1-30(36-14-22-40(23-15-36)54-34(5)50)46-48-32(3)38-18-26-42(27-19-38)56-44(52)12-10-8-7-9-11-13-45(53)57-43-28-20-39(21-29-43)33(4)49-47-31(2)37-16-24-41(25-17-37)55-35(6)51/h14-29H,7-13H2,1-6H3/b46-30+,47-31+,48-32+,49-33+. The van der Waals surface area contributed by atoms with Crippen LogP contribution >= 0.6 is 0 Å². The molecule has 0 bridgehead atoms. The van der Waals surface area contributed by atoms with Crippen molar-refractivity contribution in [2.24, 2.45) is 20.4 Å². The van der Waals surface area contributed by atoms with E-state index in [-0.39, 0.29) is 23.9 Å². The summed E-state index contributed by atoms with van der Waals surface area (Å²) in [7, 11) is 0. The number of rotatable bonds is 18. The Hall–Kier alpha value is -6.56. The van der Waals surface area contributed by atoms with Gasteiger partial charge in [-0.2, -0.15) is 20.4 Å². The molecule has 0 saturated heterocycles. The fraction of sp³-hybridized carbons (Fsp3) is 0.289. The van der Waals surface area contributed by atoms with E-state index in [1.54, 1.807) is 48.5 Å². The number of hydrogen-bond donors (Lipinski definition) is 0. The minimum Gasteiger partial charge on any atom is -0.427 e. The van der Waals surface area contributed by atoms with Gasteiger partial charge >= 0.3 is 23.9 Å². The molecule has 0 saturated carbocycles. The molecule has 4 rings (SSSR count). The largest absolute Gasteiger partial charge is 0.427 e. The first-order valence-electron chi connectivity index (χ1n) is 18.7. The first kappa shape index (κ1) is 43.2. The fourth-order valence-electron chi connectivity index (χ4n) is 5.35. The molecule has 0 aromatic heterocycles. The van der Waals surface area contributed by atoms with Crippen LogP contribution in [0.2, 0.25) is 0 Å². The van der Waals surface area contributed by atoms with Crippen LogP contribution in [-0.4, -0.2) is 46.7 Å². The summed E-state index contributed by atoms with van der Waals surface area (Å²) < 4.78 is 21.1. The van der Waals surface area contributed by atoms with Crippen LogP contribution in [0.5, 0.6) is 23.0 Å². The second kappa shape index (κ2) is 22.1. The van der Waals surface area contributed by atoms with Gasteiger partial charge in [-0.1, -0.05) is 19.3 Å². The monoisotopic (exact) mass is 772 g/mol. The summed E-state index contributed by atoms with van der Waals surface area (Å²) >= 11 is 0. The maximum atomic E-state index is 12.4. The Balaban J connectivity index is 1.09. The maximum Gasteiger partial charge on any atom is 0.311 e. The molecular formula is C45H48N4O8. The second-order valence-electron chi connectivity index (χ2n) is 13.2. The molecule has 0 fully saturated rings. The van der Waals surface area contributed by atoms with E-state index in [2.05, 4.69) is 20.4 Å². The maximum absolute atomic E-state index is 12.4. The van der Waals surface area contributed by atoms with Crippen molar-refractivity contribution >= 4 is 46.7 Å². The summed E-state index contributed by atoms with van der Waals surface area (Å²) in [6.45, 7) is 10.1. The number of esters is 4. The van der Waals surface area contributed by atoms with Crippen molar-refractivity contribution in [2.45, 2.75) is 86.5 Å². The lowest BCUT2D eigenvalue weighted by molar-refractivity contribution is -0.135. The highest BCUT2D eigenvalue weighted by molar-refractivity contribution is 6.03. The Morgan fingerprint density at radius 2 is 0.579 bits per heavy atom. The van der Waals surface area contributed by atoms with Gasteiger partial charge in [0.1, 0.15) is 23.0 Å². The zero-order valence-corrected chi connectivity index (χ0v) is 33.2. The van der Waals surface area contributed by atoms with Crippen molar-refractivity contribution in [3.8, 4) is 23.0 Å². The normalized spacial score (nSPS) is 12.2. The van der Waals surface area contributed by atoms with Gasteiger partial charge in [0, 0.05) is 26.7 Å². The number of benzene rings is 4. The topological polar surface area (TPSA) is 155 Å². The van der Waals surface area contributed by atoms with Crippen molar-refractivity contribution in [3.05, 3.63) is 119 Å². The van der Waals surface area contributed by atoms with Gasteiger partial charge in [-0.15, -0.1) is 0 Å². The molecule has 0 radical (unpaired) electrons. The number of unbranched alkanes of at least 4 members (excludes halogenated alkanes) is 4. The zero-order chi connectivity index (χ0) is 41.2. The molecule has 4 aromatic rings. The number of carbonyl (C=O) groups excluding carboxylic acids is 4. The van der Waals surface area contributed by atoms with Gasteiger partial charge in [-0.3, -0.25) is 19.2 Å². The van der Waals surface area contributed by atoms with Gasteiger partial charge in [-0.25, -0.2) is 0 Å². The van der Waals surface area contributed by atoms with Crippen LogP contribution in [-0.2, 0) is 19.2 Å². The summed E-state index contributed by atoms with van der Waals surface area (Å²) in [5.74, 6) is 0.512. The van der Waals surface area contributed by atoms with Crippen LogP contribution in [0.25, 0.3) is 0 Å². The molecule has 0 aliphatic carbocycles. The highest BCUT2D eigenvalue weighted by Crippen LogP contribution is 2.19. The molecule has 0 aliphatic heterocycles. The molecule has 0 atom stereocenters. The minimum absolute atomic E-state index is 0.295. The van der Waals surface area contributed by atoms with E-state index in [4.69, 9.17) is 18.9 Å². The Morgan fingerprint density at radius 3 is 0.825 bits per heavy atom. The predicted molar refractivity (Wildman–Crippen MR) is 221 cm³/mol. The molecule has 0 spiro atoms. The third kappa shape index (κ3) is 15.2. The molecule has 0 N–H and O–H groups in total. The molecule has 0 heterocycles. The average molecular weight is 773 g/mol. The average Bonchev–Trinajstić information content (AvgIpc) is 3.19. The number of carbonyl (C=O) groups is 4. The molecule has 12 heteroatoms. The van der Waals surface area contributed by atoms with Gasteiger partial charge in [0.25, 0.3) is 0 Å². The van der Waals surface area contributed by atoms with E-state index < -0.39 is 0 Å². The van der Waals surface area contributed by atoms with Gasteiger partial charge in [-0.05, 0) is 160 Å². The van der Waals surface area contributed by atoms with E-state index in [0.717, 1.165) is 41.5 Å². The summed E-state index contributed by atoms with van der Waals surface area (Å²) in [6.07, 6.45) is 4.60. The number of nitrogens with zero attached hydrogens (tertiary/aromatic N) is 4. The van der Waals surface area contributed by atoms with Gasteiger partial charge < -0.3 is 18.9 Å². The van der Waals surface area contributed by atoms with Crippen LogP contribution in [0.4, 0.5) is 0 Å². The molecule has 12 nitrogen and oxygen atoms in total. The smallest absolute Gasteiger partial charge is 0.311 e. The van der Waals surface area contributed by atoms with Crippen molar-refractivity contribution in [1.82, 2.24) is 0 Å². The highest BCUT2D eigenvalue weighted by atomic mass is 16.5. The van der Waals surface area contributed by atoms with E-state index in [0.29, 0.717) is 71.5 Å². The Labute approximate surface area is 333 Å². The lowest BCUT2D eigenvalue weighted by atomic mass is 10.1. The van der Waals surface area contributed by atoms with Crippen LogP contribution in [0.1, 0.15) is 109 Å². The van der Waals surface area contributed by atoms with E-state index in [1.807, 2.05) is 76.2 Å². The quantitative estimate of drug-likeness (QED) is 0.0319. The van der Waals surface area contributed by atoms with E-state index >= 15 is 0 Å². The SMILES string of the molecule is CC(=O)Oc1ccc(/C(C)=N/N=C(\C)c2ccc(OC(=O)CCCCCCCC(=O)Oc3ccc(/C(C)=N/N=C(\C)c4ccc(OC(C)=O)cc4)cc3)cc2)cc1. The molecule has 0 amide bonds. The first-order valence-corrected chi connectivity index (χ1v) is 18.7. The van der Waals surface area contributed by atoms with Crippen molar-refractivity contribution < 1.29 is 38.1 Å². The zero-order valence-electron chi connectivity index (χ0n) is 33.2. The third-order valence-corrected chi connectivity index (χ3v) is 8.54. The molecule has 0 unspecified atom stereocenters. The molecule has 0 aliphatic rings. The predicted octanol–water partition coefficient (Wildman–Crippen LogP) is 9.25. The Kier molecular flexibility index (Phi) is 16.7. The Bertz CT molecular complexity index is 1970. The third-order valence-electron chi connectivity index (χ3n) is 8.54. The second-order valence-corrected chi connectivity index (χ2v) is 13.2. The number of ether oxygens (including phenoxy) is 4. The van der Waals surface area contributed by atoms with Crippen LogP contribution in [0, 0.1) is 0 Å². The minimum atomic E-state index is -0.377. The van der Waals surface area contributed by atoms with Crippen molar-refractivity contribution in [2.75, 3.05) is 0 Å². The van der Waals surface area contributed by atoms with E-state index in [9.17, 15) is 19.2 Å². The van der Waals surface area contributed by atoms with Crippen LogP contribution < -0.4 is 18.9 Å². The molecule has 57 heavy (non-hydrogen) atoms. The molecular weight excluding hydrogens is 725 g/mol. The molecule has 296 valence electrons. The van der Waals surface area contributed by atoms with Crippen molar-refractivity contribution in [1.29, 1.82) is 0 Å². The number of hydrogen-bond acceptors (Lipinski definition) is 12. The van der Waals surface area contributed by atoms with Gasteiger partial charge in [0.2, 0.25) is 0 Å². The van der Waals surface area contributed by atoms with Crippen LogP contribution in [0.15, 0.2) is 117 Å². The Morgan fingerprint density at radius 1 is 0.351 bits per heavy atom. The summed E-state index contributed by atoms with van der Waals surface area (Å²) in [4.78, 5) is 47.0. The lowest BCUT2D eigenvalue weighted by Gasteiger charge is -2.07. The van der Waals surface area contributed by atoms with Gasteiger partial charge in [0.15, 0.2) is 0 Å². The summed E-state index contributed by atoms with van der Waals surface area (Å²) in [5, 5.41) is 17.3. The first-order chi connectivity index (χ1) is 27.4. The van der Waals surface area contributed by atoms with Crippen molar-refractivity contribution in [3.63, 3.8) is 0 Å².